The van der Waals surface area contributed by atoms with E-state index in [-0.39, 0.29) is 11.3 Å². The molecule has 1 aromatic carbocycles. The fourth-order valence-corrected chi connectivity index (χ4v) is 2.09. The van der Waals surface area contributed by atoms with Crippen molar-refractivity contribution in [3.63, 3.8) is 0 Å². The summed E-state index contributed by atoms with van der Waals surface area (Å²) >= 11 is 0. The molecule has 0 aromatic heterocycles. The van der Waals surface area contributed by atoms with Crippen LogP contribution in [-0.4, -0.2) is 30.4 Å². The van der Waals surface area contributed by atoms with Gasteiger partial charge in [-0.3, -0.25) is 9.69 Å². The van der Waals surface area contributed by atoms with Crippen LogP contribution in [0.5, 0.6) is 0 Å². The summed E-state index contributed by atoms with van der Waals surface area (Å²) < 4.78 is 0. The molecule has 1 amide bonds. The van der Waals surface area contributed by atoms with Crippen molar-refractivity contribution in [3.05, 3.63) is 35.4 Å². The number of hydrogen-bond acceptors (Lipinski definition) is 3. The van der Waals surface area contributed by atoms with Crippen LogP contribution in [0.3, 0.4) is 0 Å². The Hall–Kier alpha value is -1.39. The summed E-state index contributed by atoms with van der Waals surface area (Å²) in [5.41, 5.74) is 12.8. The summed E-state index contributed by atoms with van der Waals surface area (Å²) in [6, 6.07) is 7.51. The van der Waals surface area contributed by atoms with Crippen LogP contribution in [0.25, 0.3) is 0 Å². The molecule has 1 rings (SSSR count). The lowest BCUT2D eigenvalue weighted by Gasteiger charge is -2.31. The molecule has 106 valence electrons. The Labute approximate surface area is 115 Å². The number of nitrogens with two attached hydrogens (primary N) is 2. The minimum Gasteiger partial charge on any atom is -0.366 e. The highest BCUT2D eigenvalue weighted by atomic mass is 16.1. The maximum absolute atomic E-state index is 11.4. The smallest absolute Gasteiger partial charge is 0.249 e. The predicted molar refractivity (Wildman–Crippen MR) is 78.7 cm³/mol. The molecule has 0 spiro atoms. The Morgan fingerprint density at radius 1 is 1.32 bits per heavy atom. The molecular weight excluding hydrogens is 238 g/mol. The summed E-state index contributed by atoms with van der Waals surface area (Å²) in [6.07, 6.45) is 0. The topological polar surface area (TPSA) is 72.3 Å². The average molecular weight is 263 g/mol. The van der Waals surface area contributed by atoms with Gasteiger partial charge in [0, 0.05) is 18.7 Å². The molecule has 0 atom stereocenters. The van der Waals surface area contributed by atoms with Gasteiger partial charge in [-0.2, -0.15) is 0 Å². The second-order valence-corrected chi connectivity index (χ2v) is 5.69. The molecule has 0 saturated carbocycles. The van der Waals surface area contributed by atoms with Crippen LogP contribution in [0.2, 0.25) is 0 Å². The van der Waals surface area contributed by atoms with E-state index >= 15 is 0 Å². The van der Waals surface area contributed by atoms with E-state index < -0.39 is 0 Å². The highest BCUT2D eigenvalue weighted by molar-refractivity contribution is 5.94. The highest BCUT2D eigenvalue weighted by Gasteiger charge is 2.20. The monoisotopic (exact) mass is 263 g/mol. The molecule has 0 aliphatic rings. The van der Waals surface area contributed by atoms with Crippen LogP contribution < -0.4 is 11.5 Å². The zero-order chi connectivity index (χ0) is 14.5. The number of benzene rings is 1. The Bertz CT molecular complexity index is 429. The van der Waals surface area contributed by atoms with Gasteiger partial charge in [-0.25, -0.2) is 0 Å². The molecule has 0 aliphatic heterocycles. The summed E-state index contributed by atoms with van der Waals surface area (Å²) in [5, 5.41) is 0. The van der Waals surface area contributed by atoms with Crippen molar-refractivity contribution in [1.29, 1.82) is 0 Å². The van der Waals surface area contributed by atoms with Crippen molar-refractivity contribution in [2.24, 2.45) is 16.9 Å². The van der Waals surface area contributed by atoms with Gasteiger partial charge in [0.15, 0.2) is 0 Å². The van der Waals surface area contributed by atoms with Gasteiger partial charge in [-0.1, -0.05) is 39.0 Å². The van der Waals surface area contributed by atoms with Gasteiger partial charge >= 0.3 is 0 Å². The lowest BCUT2D eigenvalue weighted by atomic mass is 9.92. The number of carbonyl (C=O) groups excluding carboxylic acids is 1. The second kappa shape index (κ2) is 6.68. The van der Waals surface area contributed by atoms with Crippen molar-refractivity contribution in [2.75, 3.05) is 19.6 Å². The van der Waals surface area contributed by atoms with E-state index in [0.29, 0.717) is 12.1 Å². The Kier molecular flexibility index (Phi) is 5.51. The zero-order valence-corrected chi connectivity index (χ0v) is 12.1. The number of amides is 1. The first kappa shape index (κ1) is 15.7. The van der Waals surface area contributed by atoms with Crippen molar-refractivity contribution in [3.8, 4) is 0 Å². The van der Waals surface area contributed by atoms with Crippen LogP contribution >= 0.6 is 0 Å². The first-order valence-electron chi connectivity index (χ1n) is 6.69. The molecule has 0 aliphatic carbocycles. The number of rotatable bonds is 7. The van der Waals surface area contributed by atoms with Gasteiger partial charge in [0.1, 0.15) is 0 Å². The summed E-state index contributed by atoms with van der Waals surface area (Å²) in [4.78, 5) is 13.7. The number of carbonyl (C=O) groups is 1. The van der Waals surface area contributed by atoms with Crippen molar-refractivity contribution >= 4 is 5.91 Å². The van der Waals surface area contributed by atoms with E-state index in [1.807, 2.05) is 18.2 Å². The fourth-order valence-electron chi connectivity index (χ4n) is 2.09. The Morgan fingerprint density at radius 2 is 1.95 bits per heavy atom. The van der Waals surface area contributed by atoms with Crippen molar-refractivity contribution in [2.45, 2.75) is 27.3 Å². The first-order valence-corrected chi connectivity index (χ1v) is 6.69. The van der Waals surface area contributed by atoms with Gasteiger partial charge in [0.05, 0.1) is 0 Å². The Balaban J connectivity index is 2.84. The van der Waals surface area contributed by atoms with E-state index in [1.54, 1.807) is 6.07 Å². The average Bonchev–Trinajstić information content (AvgIpc) is 2.38. The third kappa shape index (κ3) is 4.65. The minimum atomic E-state index is -0.371. The molecule has 0 bridgehead atoms. The number of nitrogens with zero attached hydrogens (tertiary/aromatic N) is 1. The number of primary amides is 1. The van der Waals surface area contributed by atoms with Crippen molar-refractivity contribution in [1.82, 2.24) is 4.90 Å². The zero-order valence-electron chi connectivity index (χ0n) is 12.1. The third-order valence-corrected chi connectivity index (χ3v) is 3.33. The van der Waals surface area contributed by atoms with Crippen LogP contribution in [0, 0.1) is 5.41 Å². The maximum Gasteiger partial charge on any atom is 0.249 e. The largest absolute Gasteiger partial charge is 0.366 e. The van der Waals surface area contributed by atoms with E-state index in [0.717, 1.165) is 25.2 Å². The molecular formula is C15H25N3O. The van der Waals surface area contributed by atoms with Crippen LogP contribution in [0.15, 0.2) is 24.3 Å². The molecule has 1 aromatic rings. The van der Waals surface area contributed by atoms with Crippen LogP contribution in [0.1, 0.15) is 36.7 Å². The SMILES string of the molecule is CCN(Cc1ccccc1C(N)=O)CC(C)(C)CN. The van der Waals surface area contributed by atoms with Gasteiger partial charge < -0.3 is 11.5 Å². The highest BCUT2D eigenvalue weighted by Crippen LogP contribution is 2.18. The van der Waals surface area contributed by atoms with Gasteiger partial charge in [-0.05, 0) is 30.1 Å². The standard InChI is InChI=1S/C15H25N3O/c1-4-18(11-15(2,3)10-16)9-12-7-5-6-8-13(12)14(17)19/h5-8H,4,9-11,16H2,1-3H3,(H2,17,19). The molecule has 19 heavy (non-hydrogen) atoms. The molecule has 4 heteroatoms. The van der Waals surface area contributed by atoms with E-state index in [9.17, 15) is 4.79 Å². The molecule has 0 saturated heterocycles. The summed E-state index contributed by atoms with van der Waals surface area (Å²) in [6.45, 7) is 9.58. The molecule has 4 nitrogen and oxygen atoms in total. The van der Waals surface area contributed by atoms with E-state index in [4.69, 9.17) is 11.5 Å². The fraction of sp³-hybridized carbons (Fsp3) is 0.533. The minimum absolute atomic E-state index is 0.0671. The predicted octanol–water partition coefficient (Wildman–Crippen LogP) is 1.59. The van der Waals surface area contributed by atoms with Crippen LogP contribution in [0.4, 0.5) is 0 Å². The molecule has 0 heterocycles. The van der Waals surface area contributed by atoms with Gasteiger partial charge in [0.2, 0.25) is 5.91 Å². The molecule has 0 fully saturated rings. The lowest BCUT2D eigenvalue weighted by molar-refractivity contribution is 0.0997. The van der Waals surface area contributed by atoms with E-state index in [2.05, 4.69) is 25.7 Å². The summed E-state index contributed by atoms with van der Waals surface area (Å²) in [7, 11) is 0. The van der Waals surface area contributed by atoms with Gasteiger partial charge in [-0.15, -0.1) is 0 Å². The number of hydrogen-bond donors (Lipinski definition) is 2. The van der Waals surface area contributed by atoms with Gasteiger partial charge in [0.25, 0.3) is 0 Å². The van der Waals surface area contributed by atoms with Crippen LogP contribution in [-0.2, 0) is 6.54 Å². The normalized spacial score (nSPS) is 11.8. The molecule has 0 radical (unpaired) electrons. The van der Waals surface area contributed by atoms with Crippen molar-refractivity contribution < 1.29 is 4.79 Å². The third-order valence-electron chi connectivity index (χ3n) is 3.33. The second-order valence-electron chi connectivity index (χ2n) is 5.69. The first-order chi connectivity index (χ1) is 8.89. The lowest BCUT2D eigenvalue weighted by Crippen LogP contribution is -2.38. The molecule has 0 unspecified atom stereocenters. The molecule has 4 N–H and O–H groups in total. The quantitative estimate of drug-likeness (QED) is 0.784. The summed E-state index contributed by atoms with van der Waals surface area (Å²) in [5.74, 6) is -0.371. The Morgan fingerprint density at radius 3 is 2.47 bits per heavy atom. The maximum atomic E-state index is 11.4. The van der Waals surface area contributed by atoms with E-state index in [1.165, 1.54) is 0 Å².